The van der Waals surface area contributed by atoms with Crippen molar-refractivity contribution in [3.8, 4) is 5.75 Å². The molecule has 0 saturated carbocycles. The van der Waals surface area contributed by atoms with Crippen LogP contribution < -0.4 is 10.2 Å². The summed E-state index contributed by atoms with van der Waals surface area (Å²) in [4.78, 5) is 0. The number of nitrogens with zero attached hydrogens (tertiary/aromatic N) is 1. The fraction of sp³-hybridized carbons (Fsp3) is 0.350. The van der Waals surface area contributed by atoms with E-state index in [9.17, 15) is 0 Å². The summed E-state index contributed by atoms with van der Waals surface area (Å²) >= 11 is 6.12. The Bertz CT molecular complexity index is 670. The zero-order chi connectivity index (χ0) is 17.2. The minimum atomic E-state index is 0.728. The molecule has 0 atom stereocenters. The van der Waals surface area contributed by atoms with Crippen molar-refractivity contribution in [2.24, 2.45) is 5.10 Å². The number of halogens is 1. The third-order valence-electron chi connectivity index (χ3n) is 3.74. The Kier molecular flexibility index (Phi) is 7.63. The molecule has 0 saturated heterocycles. The van der Waals surface area contributed by atoms with Crippen molar-refractivity contribution in [1.29, 1.82) is 0 Å². The molecule has 0 aliphatic rings. The number of aryl methyl sites for hydroxylation is 1. The van der Waals surface area contributed by atoms with Gasteiger partial charge in [0.15, 0.2) is 0 Å². The van der Waals surface area contributed by atoms with Crippen molar-refractivity contribution in [2.45, 2.75) is 39.5 Å². The van der Waals surface area contributed by atoms with Crippen molar-refractivity contribution in [1.82, 2.24) is 0 Å². The van der Waals surface area contributed by atoms with Crippen LogP contribution in [0.25, 0.3) is 0 Å². The van der Waals surface area contributed by atoms with Gasteiger partial charge in [-0.05, 0) is 43.2 Å². The van der Waals surface area contributed by atoms with E-state index in [1.54, 1.807) is 6.21 Å². The standard InChI is InChI=1S/C20H25ClN2O/c1-3-4-5-8-13-24-20-10-7-6-9-17(20)15-22-23-18-12-11-16(2)19(21)14-18/h6-7,9-12,14-15,23H,3-5,8,13H2,1-2H3. The zero-order valence-corrected chi connectivity index (χ0v) is 15.1. The minimum Gasteiger partial charge on any atom is -0.493 e. The molecule has 0 radical (unpaired) electrons. The van der Waals surface area contributed by atoms with Crippen molar-refractivity contribution in [3.05, 3.63) is 58.6 Å². The molecular weight excluding hydrogens is 320 g/mol. The molecule has 0 heterocycles. The molecule has 2 aromatic rings. The van der Waals surface area contributed by atoms with Crippen LogP contribution in [0.4, 0.5) is 5.69 Å². The van der Waals surface area contributed by atoms with Crippen molar-refractivity contribution < 1.29 is 4.74 Å². The van der Waals surface area contributed by atoms with E-state index in [0.29, 0.717) is 0 Å². The Morgan fingerprint density at radius 1 is 1.12 bits per heavy atom. The molecule has 0 aromatic heterocycles. The Hall–Kier alpha value is -2.00. The number of benzene rings is 2. The smallest absolute Gasteiger partial charge is 0.128 e. The first-order valence-electron chi connectivity index (χ1n) is 8.47. The van der Waals surface area contributed by atoms with E-state index in [-0.39, 0.29) is 0 Å². The highest BCUT2D eigenvalue weighted by Gasteiger charge is 2.01. The molecule has 0 aliphatic heterocycles. The molecule has 2 aromatic carbocycles. The fourth-order valence-corrected chi connectivity index (χ4v) is 2.45. The van der Waals surface area contributed by atoms with Crippen molar-refractivity contribution in [2.75, 3.05) is 12.0 Å². The third kappa shape index (κ3) is 5.89. The predicted molar refractivity (Wildman–Crippen MR) is 103 cm³/mol. The maximum Gasteiger partial charge on any atom is 0.128 e. The van der Waals surface area contributed by atoms with E-state index in [0.717, 1.165) is 40.6 Å². The lowest BCUT2D eigenvalue weighted by atomic mass is 10.2. The zero-order valence-electron chi connectivity index (χ0n) is 14.4. The van der Waals surface area contributed by atoms with Gasteiger partial charge in [-0.25, -0.2) is 0 Å². The maximum atomic E-state index is 6.12. The maximum absolute atomic E-state index is 6.12. The van der Waals surface area contributed by atoms with Gasteiger partial charge in [0.2, 0.25) is 0 Å². The molecule has 3 nitrogen and oxygen atoms in total. The number of para-hydroxylation sites is 1. The Labute approximate surface area is 149 Å². The van der Waals surface area contributed by atoms with E-state index >= 15 is 0 Å². The van der Waals surface area contributed by atoms with Crippen LogP contribution in [0.1, 0.15) is 43.7 Å². The quantitative estimate of drug-likeness (QED) is 0.341. The first kappa shape index (κ1) is 18.3. The molecule has 4 heteroatoms. The van der Waals surface area contributed by atoms with Crippen LogP contribution >= 0.6 is 11.6 Å². The molecule has 0 bridgehead atoms. The van der Waals surface area contributed by atoms with Gasteiger partial charge in [-0.3, -0.25) is 5.43 Å². The molecule has 0 spiro atoms. The Balaban J connectivity index is 1.92. The highest BCUT2D eigenvalue weighted by atomic mass is 35.5. The van der Waals surface area contributed by atoms with E-state index in [2.05, 4.69) is 17.5 Å². The summed E-state index contributed by atoms with van der Waals surface area (Å²) in [7, 11) is 0. The lowest BCUT2D eigenvalue weighted by Gasteiger charge is -2.09. The molecule has 0 amide bonds. The topological polar surface area (TPSA) is 33.6 Å². The average molecular weight is 345 g/mol. The molecule has 2 rings (SSSR count). The summed E-state index contributed by atoms with van der Waals surface area (Å²) in [5.41, 5.74) is 5.87. The first-order valence-corrected chi connectivity index (χ1v) is 8.85. The number of hydrogen-bond donors (Lipinski definition) is 1. The van der Waals surface area contributed by atoms with Gasteiger partial charge in [0, 0.05) is 10.6 Å². The van der Waals surface area contributed by atoms with Gasteiger partial charge in [-0.15, -0.1) is 0 Å². The van der Waals surface area contributed by atoms with Gasteiger partial charge in [-0.1, -0.05) is 56.0 Å². The molecule has 24 heavy (non-hydrogen) atoms. The van der Waals surface area contributed by atoms with Crippen molar-refractivity contribution >= 4 is 23.5 Å². The number of hydrogen-bond acceptors (Lipinski definition) is 3. The van der Waals surface area contributed by atoms with Crippen LogP contribution in [0.5, 0.6) is 5.75 Å². The highest BCUT2D eigenvalue weighted by Crippen LogP contribution is 2.20. The van der Waals surface area contributed by atoms with E-state index < -0.39 is 0 Å². The number of nitrogens with one attached hydrogen (secondary N) is 1. The second-order valence-electron chi connectivity index (χ2n) is 5.78. The number of ether oxygens (including phenoxy) is 1. The van der Waals surface area contributed by atoms with Gasteiger partial charge in [0.25, 0.3) is 0 Å². The molecule has 1 N–H and O–H groups in total. The number of unbranched alkanes of at least 4 members (excludes halogenated alkanes) is 3. The summed E-state index contributed by atoms with van der Waals surface area (Å²) in [6.07, 6.45) is 6.56. The normalized spacial score (nSPS) is 11.0. The lowest BCUT2D eigenvalue weighted by Crippen LogP contribution is -2.00. The second kappa shape index (κ2) is 9.99. The average Bonchev–Trinajstić information content (AvgIpc) is 2.59. The van der Waals surface area contributed by atoms with E-state index in [1.807, 2.05) is 49.4 Å². The van der Waals surface area contributed by atoms with Gasteiger partial charge in [-0.2, -0.15) is 5.10 Å². The molecule has 128 valence electrons. The summed E-state index contributed by atoms with van der Waals surface area (Å²) in [6.45, 7) is 4.93. The first-order chi connectivity index (χ1) is 11.7. The Morgan fingerprint density at radius 2 is 1.96 bits per heavy atom. The Morgan fingerprint density at radius 3 is 2.75 bits per heavy atom. The van der Waals surface area contributed by atoms with Crippen LogP contribution in [0.15, 0.2) is 47.6 Å². The molecule has 0 aliphatic carbocycles. The van der Waals surface area contributed by atoms with Gasteiger partial charge in [0.05, 0.1) is 18.5 Å². The van der Waals surface area contributed by atoms with E-state index in [4.69, 9.17) is 16.3 Å². The van der Waals surface area contributed by atoms with Crippen LogP contribution in [0.3, 0.4) is 0 Å². The summed E-state index contributed by atoms with van der Waals surface area (Å²) in [5.74, 6) is 0.862. The number of rotatable bonds is 9. The predicted octanol–water partition coefficient (Wildman–Crippen LogP) is 6.05. The fourth-order valence-electron chi connectivity index (χ4n) is 2.27. The van der Waals surface area contributed by atoms with Crippen molar-refractivity contribution in [3.63, 3.8) is 0 Å². The summed E-state index contributed by atoms with van der Waals surface area (Å²) in [5, 5.41) is 5.02. The summed E-state index contributed by atoms with van der Waals surface area (Å²) < 4.78 is 5.88. The lowest BCUT2D eigenvalue weighted by molar-refractivity contribution is 0.304. The number of anilines is 1. The molecule has 0 unspecified atom stereocenters. The second-order valence-corrected chi connectivity index (χ2v) is 6.19. The highest BCUT2D eigenvalue weighted by molar-refractivity contribution is 6.31. The van der Waals surface area contributed by atoms with Crippen LogP contribution in [0, 0.1) is 6.92 Å². The third-order valence-corrected chi connectivity index (χ3v) is 4.15. The SMILES string of the molecule is CCCCCCOc1ccccc1C=NNc1ccc(C)c(Cl)c1. The largest absolute Gasteiger partial charge is 0.493 e. The van der Waals surface area contributed by atoms with E-state index in [1.165, 1.54) is 19.3 Å². The van der Waals surface area contributed by atoms with Crippen LogP contribution in [0.2, 0.25) is 5.02 Å². The minimum absolute atomic E-state index is 0.728. The molecule has 0 fully saturated rings. The summed E-state index contributed by atoms with van der Waals surface area (Å²) in [6, 6.07) is 13.7. The van der Waals surface area contributed by atoms with Crippen LogP contribution in [-0.2, 0) is 0 Å². The van der Waals surface area contributed by atoms with Gasteiger partial charge in [0.1, 0.15) is 5.75 Å². The van der Waals surface area contributed by atoms with Gasteiger partial charge >= 0.3 is 0 Å². The number of hydrazone groups is 1. The molecular formula is C20H25ClN2O. The monoisotopic (exact) mass is 344 g/mol. The van der Waals surface area contributed by atoms with Gasteiger partial charge < -0.3 is 4.74 Å². The van der Waals surface area contributed by atoms with Crippen LogP contribution in [-0.4, -0.2) is 12.8 Å².